The molecule has 3 heteroatoms. The van der Waals surface area contributed by atoms with Gasteiger partial charge in [-0.05, 0) is 0 Å². The Morgan fingerprint density at radius 2 is 0.867 bits per heavy atom. The average molecular weight is 529 g/mol. The van der Waals surface area contributed by atoms with Gasteiger partial charge in [0.05, 0.1) is 0 Å². The van der Waals surface area contributed by atoms with Gasteiger partial charge in [-0.1, -0.05) is 0 Å². The molecule has 0 aromatic heterocycles. The molecule has 0 unspecified atom stereocenters. The van der Waals surface area contributed by atoms with E-state index in [0.717, 1.165) is 0 Å². The van der Waals surface area contributed by atoms with Crippen molar-refractivity contribution >= 4 is 76.3 Å². The van der Waals surface area contributed by atoms with E-state index in [-0.39, 0.29) is 48.0 Å². The summed E-state index contributed by atoms with van der Waals surface area (Å²) in [5.41, 5.74) is 0. The molecule has 0 N–H and O–H groups in total. The summed E-state index contributed by atoms with van der Waals surface area (Å²) in [5.74, 6) is 0. The van der Waals surface area contributed by atoms with Crippen molar-refractivity contribution < 1.29 is 0 Å². The molecule has 2 aromatic rings. The van der Waals surface area contributed by atoms with Crippen LogP contribution in [0.15, 0.2) is 60.7 Å². The van der Waals surface area contributed by atoms with Crippen LogP contribution < -0.4 is 7.16 Å². The summed E-state index contributed by atoms with van der Waals surface area (Å²) in [6, 6.07) is 21.6. The number of hydrogen-bond donors (Lipinski definition) is 0. The Balaban J connectivity index is 0.000000980. The van der Waals surface area contributed by atoms with Gasteiger partial charge in [0.1, 0.15) is 0 Å². The fourth-order valence-corrected chi connectivity index (χ4v) is 4.21. The normalized spacial score (nSPS) is 8.53. The monoisotopic (exact) mass is 530 g/mol. The van der Waals surface area contributed by atoms with E-state index in [1.807, 2.05) is 0 Å². The van der Waals surface area contributed by atoms with E-state index in [4.69, 9.17) is 0 Å². The van der Waals surface area contributed by atoms with Gasteiger partial charge in [-0.2, -0.15) is 0 Å². The van der Waals surface area contributed by atoms with E-state index in [1.165, 1.54) is 7.16 Å². The molecule has 0 bridgehead atoms. The van der Waals surface area contributed by atoms with Crippen molar-refractivity contribution in [2.24, 2.45) is 0 Å². The van der Waals surface area contributed by atoms with Gasteiger partial charge in [-0.15, -0.1) is 48.0 Å². The quantitative estimate of drug-likeness (QED) is 0.415. The van der Waals surface area contributed by atoms with Crippen LogP contribution in [-0.4, -0.2) is 21.1 Å². The van der Waals surface area contributed by atoms with Crippen LogP contribution in [0.5, 0.6) is 0 Å². The zero-order valence-electron chi connectivity index (χ0n) is 8.09. The molecule has 0 amide bonds. The van der Waals surface area contributed by atoms with Crippen molar-refractivity contribution in [2.75, 3.05) is 0 Å². The molecule has 0 spiro atoms. The van der Waals surface area contributed by atoms with Crippen LogP contribution in [0.25, 0.3) is 0 Å². The summed E-state index contributed by atoms with van der Waals surface area (Å²) in [7, 11) is 0. The van der Waals surface area contributed by atoms with Gasteiger partial charge in [0.25, 0.3) is 0 Å². The molecule has 0 heterocycles. The Bertz CT molecular complexity index is 324. The minimum absolute atomic E-state index is 0. The number of hydrogen-bond acceptors (Lipinski definition) is 0. The molecule has 2 aromatic carbocycles. The van der Waals surface area contributed by atoms with E-state index in [0.29, 0.717) is 0 Å². The van der Waals surface area contributed by atoms with Crippen LogP contribution in [0, 0.1) is 0 Å². The van der Waals surface area contributed by atoms with E-state index in [2.05, 4.69) is 60.7 Å². The van der Waals surface area contributed by atoms with Crippen LogP contribution in [0.4, 0.5) is 0 Å². The van der Waals surface area contributed by atoms with Crippen molar-refractivity contribution in [3.63, 3.8) is 0 Å². The maximum atomic E-state index is 2.24. The Morgan fingerprint density at radius 3 is 1.20 bits per heavy atom. The van der Waals surface area contributed by atoms with Crippen LogP contribution in [0.1, 0.15) is 0 Å². The van der Waals surface area contributed by atoms with Crippen molar-refractivity contribution in [1.82, 2.24) is 0 Å². The molecular formula is C12H12I2Sn. The van der Waals surface area contributed by atoms with Gasteiger partial charge in [0, 0.05) is 0 Å². The van der Waals surface area contributed by atoms with Gasteiger partial charge in [0.15, 0.2) is 0 Å². The zero-order chi connectivity index (χ0) is 8.93. The number of benzene rings is 2. The molecule has 2 rings (SSSR count). The first-order chi connectivity index (χ1) is 6.45. The summed E-state index contributed by atoms with van der Waals surface area (Å²) in [5, 5.41) is 0. The molecular weight excluding hydrogens is 517 g/mol. The molecule has 0 aliphatic heterocycles. The topological polar surface area (TPSA) is 0 Å². The van der Waals surface area contributed by atoms with E-state index in [1.54, 1.807) is 0 Å². The Hall–Kier alpha value is 0.699. The van der Waals surface area contributed by atoms with Crippen LogP contribution in [0.3, 0.4) is 0 Å². The Labute approximate surface area is 135 Å². The second-order valence-corrected chi connectivity index (χ2v) is 6.87. The molecule has 0 atom stereocenters. The Kier molecular flexibility index (Phi) is 9.22. The summed E-state index contributed by atoms with van der Waals surface area (Å²) in [6.07, 6.45) is 0. The predicted molar refractivity (Wildman–Crippen MR) is 88.7 cm³/mol. The molecule has 0 aliphatic carbocycles. The van der Waals surface area contributed by atoms with Crippen molar-refractivity contribution in [2.45, 2.75) is 0 Å². The third-order valence-corrected chi connectivity index (χ3v) is 5.39. The molecule has 15 heavy (non-hydrogen) atoms. The van der Waals surface area contributed by atoms with Crippen LogP contribution >= 0.6 is 48.0 Å². The van der Waals surface area contributed by atoms with Crippen LogP contribution in [-0.2, 0) is 0 Å². The van der Waals surface area contributed by atoms with Crippen LogP contribution in [0.2, 0.25) is 0 Å². The van der Waals surface area contributed by atoms with Gasteiger partial charge in [-0.25, -0.2) is 0 Å². The summed E-state index contributed by atoms with van der Waals surface area (Å²) in [4.78, 5) is 0. The Morgan fingerprint density at radius 1 is 0.533 bits per heavy atom. The third-order valence-electron chi connectivity index (χ3n) is 1.84. The zero-order valence-corrected chi connectivity index (χ0v) is 15.6. The van der Waals surface area contributed by atoms with Gasteiger partial charge >= 0.3 is 89.0 Å². The van der Waals surface area contributed by atoms with Gasteiger partial charge in [-0.3, -0.25) is 0 Å². The fourth-order valence-electron chi connectivity index (χ4n) is 1.21. The molecule has 0 fully saturated rings. The first-order valence-corrected chi connectivity index (χ1v) is 7.18. The first kappa shape index (κ1) is 15.7. The summed E-state index contributed by atoms with van der Waals surface area (Å²) >= 11 is -0.517. The van der Waals surface area contributed by atoms with E-state index >= 15 is 0 Å². The van der Waals surface area contributed by atoms with Crippen molar-refractivity contribution in [3.05, 3.63) is 60.7 Å². The fraction of sp³-hybridized carbons (Fsp3) is 0. The molecule has 0 saturated heterocycles. The van der Waals surface area contributed by atoms with Gasteiger partial charge in [0.2, 0.25) is 0 Å². The molecule has 2 radical (unpaired) electrons. The summed E-state index contributed by atoms with van der Waals surface area (Å²) < 4.78 is 3.08. The second kappa shape index (κ2) is 8.81. The first-order valence-electron chi connectivity index (χ1n) is 4.32. The second-order valence-electron chi connectivity index (χ2n) is 2.86. The van der Waals surface area contributed by atoms with Crippen molar-refractivity contribution in [3.8, 4) is 0 Å². The van der Waals surface area contributed by atoms with E-state index < -0.39 is 21.1 Å². The average Bonchev–Trinajstić information content (AvgIpc) is 2.21. The standard InChI is InChI=1S/2C6H5.2HI.Sn/c2*1-2-4-6-5-3-1;;;/h2*1-5H;2*1H;. The predicted octanol–water partition coefficient (Wildman–Crippen LogP) is 2.58. The van der Waals surface area contributed by atoms with E-state index in [9.17, 15) is 0 Å². The molecule has 0 aliphatic rings. The SMILES string of the molecule is I.I.c1cc[c]([Sn][c]2ccccc2)cc1. The number of halogens is 2. The van der Waals surface area contributed by atoms with Crippen molar-refractivity contribution in [1.29, 1.82) is 0 Å². The third kappa shape index (κ3) is 5.53. The molecule has 78 valence electrons. The maximum absolute atomic E-state index is 2.24. The molecule has 0 nitrogen and oxygen atoms in total. The minimum atomic E-state index is -0.517. The summed E-state index contributed by atoms with van der Waals surface area (Å²) in [6.45, 7) is 0. The number of rotatable bonds is 2. The molecule has 0 saturated carbocycles. The van der Waals surface area contributed by atoms with Gasteiger partial charge < -0.3 is 0 Å².